The van der Waals surface area contributed by atoms with Crippen molar-refractivity contribution in [1.82, 2.24) is 19.5 Å². The lowest BCUT2D eigenvalue weighted by molar-refractivity contribution is 0.278. The minimum Gasteiger partial charge on any atom is -0.392 e. The highest BCUT2D eigenvalue weighted by atomic mass is 32.2. The second kappa shape index (κ2) is 5.14. The van der Waals surface area contributed by atoms with Gasteiger partial charge in [-0.15, -0.1) is 11.3 Å². The maximum atomic E-state index is 12.2. The SMILES string of the molecule is CN(Cc1cscn1)S(=O)(=O)c1[nH]ncc1CO. The normalized spacial score (nSPS) is 12.2. The zero-order chi connectivity index (χ0) is 13.2. The van der Waals surface area contributed by atoms with E-state index in [1.54, 1.807) is 10.9 Å². The van der Waals surface area contributed by atoms with E-state index in [-0.39, 0.29) is 23.7 Å². The Morgan fingerprint density at radius 2 is 2.33 bits per heavy atom. The van der Waals surface area contributed by atoms with Crippen LogP contribution in [0.1, 0.15) is 11.3 Å². The Hall–Kier alpha value is -1.29. The van der Waals surface area contributed by atoms with Gasteiger partial charge < -0.3 is 5.11 Å². The van der Waals surface area contributed by atoms with Gasteiger partial charge in [0.15, 0.2) is 5.03 Å². The molecule has 0 unspecified atom stereocenters. The summed E-state index contributed by atoms with van der Waals surface area (Å²) in [7, 11) is -2.24. The molecule has 2 aromatic rings. The van der Waals surface area contributed by atoms with Gasteiger partial charge in [-0.1, -0.05) is 0 Å². The molecule has 18 heavy (non-hydrogen) atoms. The molecule has 2 aromatic heterocycles. The number of nitrogens with zero attached hydrogens (tertiary/aromatic N) is 3. The first-order chi connectivity index (χ1) is 8.55. The molecule has 2 rings (SSSR count). The number of rotatable bonds is 5. The molecule has 0 radical (unpaired) electrons. The largest absolute Gasteiger partial charge is 0.392 e. The third-order valence-electron chi connectivity index (χ3n) is 2.38. The minimum atomic E-state index is -3.69. The van der Waals surface area contributed by atoms with Crippen LogP contribution >= 0.6 is 11.3 Å². The van der Waals surface area contributed by atoms with Gasteiger partial charge in [0.2, 0.25) is 0 Å². The fraction of sp³-hybridized carbons (Fsp3) is 0.333. The second-order valence-corrected chi connectivity index (χ2v) is 6.32. The van der Waals surface area contributed by atoms with Gasteiger partial charge in [0, 0.05) is 18.0 Å². The molecule has 0 atom stereocenters. The van der Waals surface area contributed by atoms with Crippen LogP contribution in [0.5, 0.6) is 0 Å². The predicted octanol–water partition coefficient (Wildman–Crippen LogP) is 0.179. The lowest BCUT2D eigenvalue weighted by atomic mass is 10.4. The first-order valence-corrected chi connectivity index (χ1v) is 7.40. The average Bonchev–Trinajstić information content (AvgIpc) is 2.98. The maximum absolute atomic E-state index is 12.2. The van der Waals surface area contributed by atoms with Crippen LogP contribution in [-0.2, 0) is 23.2 Å². The van der Waals surface area contributed by atoms with E-state index in [0.29, 0.717) is 5.69 Å². The third-order valence-corrected chi connectivity index (χ3v) is 4.84. The van der Waals surface area contributed by atoms with Gasteiger partial charge >= 0.3 is 0 Å². The van der Waals surface area contributed by atoms with Gasteiger partial charge in [-0.25, -0.2) is 13.4 Å². The molecular formula is C9H12N4O3S2. The first kappa shape index (κ1) is 13.1. The summed E-state index contributed by atoms with van der Waals surface area (Å²) in [5.74, 6) is 0. The zero-order valence-corrected chi connectivity index (χ0v) is 11.2. The molecule has 0 saturated heterocycles. The van der Waals surface area contributed by atoms with Crippen LogP contribution in [0.2, 0.25) is 0 Å². The van der Waals surface area contributed by atoms with E-state index in [4.69, 9.17) is 5.11 Å². The number of thiazole rings is 1. The molecule has 9 heteroatoms. The fourth-order valence-corrected chi connectivity index (χ4v) is 3.20. The Labute approximate surface area is 108 Å². The second-order valence-electron chi connectivity index (χ2n) is 3.62. The molecule has 0 saturated carbocycles. The van der Waals surface area contributed by atoms with E-state index in [9.17, 15) is 8.42 Å². The average molecular weight is 288 g/mol. The van der Waals surface area contributed by atoms with Crippen LogP contribution in [-0.4, -0.2) is 40.1 Å². The summed E-state index contributed by atoms with van der Waals surface area (Å²) in [5, 5.41) is 16.8. The summed E-state index contributed by atoms with van der Waals surface area (Å²) < 4.78 is 25.6. The smallest absolute Gasteiger partial charge is 0.260 e. The van der Waals surface area contributed by atoms with E-state index in [1.165, 1.54) is 24.6 Å². The molecule has 0 aliphatic heterocycles. The van der Waals surface area contributed by atoms with Crippen molar-refractivity contribution < 1.29 is 13.5 Å². The number of aromatic amines is 1. The number of H-pyrrole nitrogens is 1. The fourth-order valence-electron chi connectivity index (χ4n) is 1.42. The molecule has 0 spiro atoms. The summed E-state index contributed by atoms with van der Waals surface area (Å²) in [6.07, 6.45) is 1.30. The van der Waals surface area contributed by atoms with E-state index >= 15 is 0 Å². The van der Waals surface area contributed by atoms with Crippen molar-refractivity contribution in [2.75, 3.05) is 7.05 Å². The van der Waals surface area contributed by atoms with Crippen LogP contribution in [0, 0.1) is 0 Å². The van der Waals surface area contributed by atoms with Gasteiger partial charge in [-0.3, -0.25) is 5.10 Å². The summed E-state index contributed by atoms with van der Waals surface area (Å²) in [6.45, 7) is -0.203. The van der Waals surface area contributed by atoms with Crippen LogP contribution in [0.4, 0.5) is 0 Å². The number of hydrogen-bond donors (Lipinski definition) is 2. The molecule has 98 valence electrons. The van der Waals surface area contributed by atoms with Crippen LogP contribution in [0.3, 0.4) is 0 Å². The molecule has 2 N–H and O–H groups in total. The predicted molar refractivity (Wildman–Crippen MR) is 65.3 cm³/mol. The van der Waals surface area contributed by atoms with Gasteiger partial charge in [0.25, 0.3) is 10.0 Å². The highest BCUT2D eigenvalue weighted by Gasteiger charge is 2.26. The lowest BCUT2D eigenvalue weighted by Gasteiger charge is -2.15. The topological polar surface area (TPSA) is 99.2 Å². The highest BCUT2D eigenvalue weighted by molar-refractivity contribution is 7.89. The van der Waals surface area contributed by atoms with Crippen molar-refractivity contribution in [2.45, 2.75) is 18.2 Å². The molecule has 0 aliphatic carbocycles. The van der Waals surface area contributed by atoms with Crippen molar-refractivity contribution in [3.05, 3.63) is 28.3 Å². The standard InChI is InChI=1S/C9H12N4O3S2/c1-13(3-8-5-17-6-10-8)18(15,16)9-7(4-14)2-11-12-9/h2,5-6,14H,3-4H2,1H3,(H,11,12). The molecule has 7 nitrogen and oxygen atoms in total. The number of nitrogens with one attached hydrogen (secondary N) is 1. The number of aliphatic hydroxyl groups is 1. The Morgan fingerprint density at radius 3 is 2.94 bits per heavy atom. The van der Waals surface area contributed by atoms with E-state index in [2.05, 4.69) is 15.2 Å². The lowest BCUT2D eigenvalue weighted by Crippen LogP contribution is -2.27. The first-order valence-electron chi connectivity index (χ1n) is 5.02. The Bertz CT molecular complexity index is 606. The quantitative estimate of drug-likeness (QED) is 0.817. The number of aliphatic hydroxyl groups excluding tert-OH is 1. The van der Waals surface area contributed by atoms with E-state index < -0.39 is 10.0 Å². The molecular weight excluding hydrogens is 276 g/mol. The zero-order valence-electron chi connectivity index (χ0n) is 9.57. The van der Waals surface area contributed by atoms with E-state index in [1.807, 2.05) is 0 Å². The summed E-state index contributed by atoms with van der Waals surface area (Å²) in [5.41, 5.74) is 2.57. The van der Waals surface area contributed by atoms with Gasteiger partial charge in [0.05, 0.1) is 30.6 Å². The molecule has 0 amide bonds. The molecule has 0 aromatic carbocycles. The van der Waals surface area contributed by atoms with Crippen LogP contribution < -0.4 is 0 Å². The van der Waals surface area contributed by atoms with E-state index in [0.717, 1.165) is 4.31 Å². The Balaban J connectivity index is 2.26. The van der Waals surface area contributed by atoms with Crippen molar-refractivity contribution >= 4 is 21.4 Å². The summed E-state index contributed by atoms with van der Waals surface area (Å²) in [4.78, 5) is 4.03. The summed E-state index contributed by atoms with van der Waals surface area (Å²) >= 11 is 1.40. The number of sulfonamides is 1. The Kier molecular flexibility index (Phi) is 3.76. The number of hydrogen-bond acceptors (Lipinski definition) is 6. The monoisotopic (exact) mass is 288 g/mol. The maximum Gasteiger partial charge on any atom is 0.260 e. The van der Waals surface area contributed by atoms with Crippen LogP contribution in [0.15, 0.2) is 22.1 Å². The third kappa shape index (κ3) is 2.43. The van der Waals surface area contributed by atoms with Crippen molar-refractivity contribution in [2.24, 2.45) is 0 Å². The van der Waals surface area contributed by atoms with Crippen LogP contribution in [0.25, 0.3) is 0 Å². The van der Waals surface area contributed by atoms with Crippen molar-refractivity contribution in [3.63, 3.8) is 0 Å². The molecule has 2 heterocycles. The highest BCUT2D eigenvalue weighted by Crippen LogP contribution is 2.18. The van der Waals surface area contributed by atoms with Crippen molar-refractivity contribution in [1.29, 1.82) is 0 Å². The minimum absolute atomic E-state index is 0.0808. The molecule has 0 aliphatic rings. The Morgan fingerprint density at radius 1 is 1.56 bits per heavy atom. The van der Waals surface area contributed by atoms with Gasteiger partial charge in [-0.2, -0.15) is 9.40 Å². The molecule has 0 fully saturated rings. The summed E-state index contributed by atoms with van der Waals surface area (Å²) in [6, 6.07) is 0. The molecule has 0 bridgehead atoms. The van der Waals surface area contributed by atoms with Gasteiger partial charge in [-0.05, 0) is 0 Å². The van der Waals surface area contributed by atoms with Crippen molar-refractivity contribution in [3.8, 4) is 0 Å². The van der Waals surface area contributed by atoms with Gasteiger partial charge in [0.1, 0.15) is 0 Å². The number of aromatic nitrogens is 3.